The lowest BCUT2D eigenvalue weighted by atomic mass is 9.79. The SMILES string of the molecule is CC(C)(C)c1cc2c(O)c(c1)Cc1cc(C(C)(C)C)cc(c1OCCCSc1ccccc1F)Cc1cc(C(C)(C)C)cc(c1O)Cc1cc(C(C)(C)C)cc(c1OCCCSc1ccccc1F)C2. The van der Waals surface area contributed by atoms with Crippen molar-refractivity contribution in [3.05, 3.63) is 175 Å². The van der Waals surface area contributed by atoms with Crippen molar-refractivity contribution < 1.29 is 28.5 Å². The van der Waals surface area contributed by atoms with E-state index in [0.717, 1.165) is 78.3 Å². The van der Waals surface area contributed by atoms with Crippen LogP contribution >= 0.6 is 23.5 Å². The van der Waals surface area contributed by atoms with Crippen molar-refractivity contribution in [3.63, 3.8) is 0 Å². The molecule has 0 saturated carbocycles. The third kappa shape index (κ3) is 12.9. The smallest absolute Gasteiger partial charge is 0.136 e. The highest BCUT2D eigenvalue weighted by molar-refractivity contribution is 7.99. The Hall–Kier alpha value is -4.92. The van der Waals surface area contributed by atoms with E-state index in [1.807, 2.05) is 24.3 Å². The number of rotatable bonds is 12. The zero-order chi connectivity index (χ0) is 50.8. The van der Waals surface area contributed by atoms with E-state index in [1.165, 1.54) is 35.7 Å². The minimum atomic E-state index is -0.232. The summed E-state index contributed by atoms with van der Waals surface area (Å²) in [6.07, 6.45) is 3.02. The zero-order valence-electron chi connectivity index (χ0n) is 43.6. The molecule has 1 aliphatic carbocycles. The summed E-state index contributed by atoms with van der Waals surface area (Å²) >= 11 is 2.97. The van der Waals surface area contributed by atoms with E-state index in [1.54, 1.807) is 12.1 Å². The molecule has 6 aromatic rings. The molecule has 70 heavy (non-hydrogen) atoms. The molecule has 0 saturated heterocycles. The summed E-state index contributed by atoms with van der Waals surface area (Å²) < 4.78 is 43.1. The van der Waals surface area contributed by atoms with Gasteiger partial charge in [0.25, 0.3) is 0 Å². The number of aromatic hydroxyl groups is 2. The van der Waals surface area contributed by atoms with E-state index in [-0.39, 0.29) is 44.8 Å². The molecule has 2 N–H and O–H groups in total. The number of hydrogen-bond donors (Lipinski definition) is 2. The first-order chi connectivity index (χ1) is 32.9. The highest BCUT2D eigenvalue weighted by Crippen LogP contribution is 2.44. The summed E-state index contributed by atoms with van der Waals surface area (Å²) in [6, 6.07) is 31.4. The van der Waals surface area contributed by atoms with Crippen LogP contribution in [-0.2, 0) is 47.3 Å². The van der Waals surface area contributed by atoms with Crippen LogP contribution in [0.15, 0.2) is 107 Å². The predicted octanol–water partition coefficient (Wildman–Crippen LogP) is 16.4. The molecule has 0 radical (unpaired) electrons. The van der Waals surface area contributed by atoms with E-state index < -0.39 is 0 Å². The lowest BCUT2D eigenvalue weighted by molar-refractivity contribution is 0.312. The monoisotopic (exact) mass is 984 g/mol. The molecule has 4 nitrogen and oxygen atoms in total. The van der Waals surface area contributed by atoms with Crippen LogP contribution in [0, 0.1) is 11.6 Å². The summed E-state index contributed by atoms with van der Waals surface area (Å²) in [7, 11) is 0. The topological polar surface area (TPSA) is 58.9 Å². The third-order valence-corrected chi connectivity index (χ3v) is 15.5. The molecule has 8 bridgehead atoms. The fourth-order valence-electron chi connectivity index (χ4n) is 8.97. The van der Waals surface area contributed by atoms with Crippen LogP contribution < -0.4 is 9.47 Å². The minimum Gasteiger partial charge on any atom is -0.507 e. The Morgan fingerprint density at radius 1 is 0.414 bits per heavy atom. The number of halogens is 2. The molecule has 372 valence electrons. The van der Waals surface area contributed by atoms with Crippen molar-refractivity contribution in [2.45, 2.75) is 153 Å². The van der Waals surface area contributed by atoms with Crippen LogP contribution in [0.2, 0.25) is 0 Å². The maximum Gasteiger partial charge on any atom is 0.136 e. The number of ether oxygens (including phenoxy) is 2. The fraction of sp³-hybridized carbons (Fsp3) is 0.419. The van der Waals surface area contributed by atoms with Gasteiger partial charge in [-0.25, -0.2) is 8.78 Å². The van der Waals surface area contributed by atoms with E-state index >= 15 is 0 Å². The summed E-state index contributed by atoms with van der Waals surface area (Å²) in [5.74, 6) is 2.93. The van der Waals surface area contributed by atoms with Crippen molar-refractivity contribution in [1.29, 1.82) is 0 Å². The molecule has 0 atom stereocenters. The lowest BCUT2D eigenvalue weighted by Crippen LogP contribution is -2.17. The summed E-state index contributed by atoms with van der Waals surface area (Å²) in [6.45, 7) is 27.4. The maximum absolute atomic E-state index is 14.6. The first kappa shape index (κ1) is 52.9. The van der Waals surface area contributed by atoms with Crippen molar-refractivity contribution >= 4 is 23.5 Å². The molecule has 0 amide bonds. The van der Waals surface area contributed by atoms with Gasteiger partial charge in [-0.1, -0.05) is 156 Å². The Morgan fingerprint density at radius 3 is 0.929 bits per heavy atom. The van der Waals surface area contributed by atoms with Crippen molar-refractivity contribution in [2.75, 3.05) is 24.7 Å². The van der Waals surface area contributed by atoms with Gasteiger partial charge in [-0.15, -0.1) is 23.5 Å². The lowest BCUT2D eigenvalue weighted by Gasteiger charge is -2.28. The molecule has 0 unspecified atom stereocenters. The highest BCUT2D eigenvalue weighted by atomic mass is 32.2. The van der Waals surface area contributed by atoms with Crippen molar-refractivity contribution in [3.8, 4) is 23.0 Å². The molecule has 0 aliphatic heterocycles. The maximum atomic E-state index is 14.6. The molecular weight excluding hydrogens is 911 g/mol. The van der Waals surface area contributed by atoms with E-state index in [2.05, 4.69) is 132 Å². The number of benzene rings is 6. The molecule has 0 spiro atoms. The van der Waals surface area contributed by atoms with Crippen LogP contribution in [0.4, 0.5) is 8.78 Å². The Bertz CT molecular complexity index is 2530. The van der Waals surface area contributed by atoms with Gasteiger partial charge in [-0.2, -0.15) is 0 Å². The fourth-order valence-corrected chi connectivity index (χ4v) is 10.7. The van der Waals surface area contributed by atoms with Gasteiger partial charge in [0.2, 0.25) is 0 Å². The van der Waals surface area contributed by atoms with Gasteiger partial charge in [0.15, 0.2) is 0 Å². The Morgan fingerprint density at radius 2 is 0.671 bits per heavy atom. The van der Waals surface area contributed by atoms with Gasteiger partial charge < -0.3 is 19.7 Å². The third-order valence-electron chi connectivity index (χ3n) is 13.3. The molecule has 0 aromatic heterocycles. The highest BCUT2D eigenvalue weighted by Gasteiger charge is 2.29. The average Bonchev–Trinajstić information content (AvgIpc) is 3.26. The first-order valence-corrected chi connectivity index (χ1v) is 26.9. The molecule has 7 rings (SSSR count). The van der Waals surface area contributed by atoms with E-state index in [0.29, 0.717) is 73.0 Å². The van der Waals surface area contributed by atoms with Crippen LogP contribution in [0.3, 0.4) is 0 Å². The molecule has 6 aromatic carbocycles. The second-order valence-corrected chi connectivity index (χ2v) is 25.5. The quantitative estimate of drug-likeness (QED) is 0.0940. The summed E-state index contributed by atoms with van der Waals surface area (Å²) in [4.78, 5) is 1.24. The number of phenolic OH excluding ortho intramolecular Hbond substituents is 2. The molecule has 0 fully saturated rings. The van der Waals surface area contributed by atoms with Crippen LogP contribution in [0.5, 0.6) is 23.0 Å². The second kappa shape index (κ2) is 21.4. The molecule has 1 aliphatic rings. The molecular formula is C62H74F2O4S2. The molecule has 8 heteroatoms. The van der Waals surface area contributed by atoms with Crippen LogP contribution in [0.1, 0.15) is 163 Å². The van der Waals surface area contributed by atoms with Gasteiger partial charge in [0, 0.05) is 47.0 Å². The number of thioether (sulfide) groups is 2. The number of fused-ring (bicyclic) bond motifs is 8. The standard InChI is InChI=1S/C62H74F2O4S2/c1-59(2,3)47-31-39-27-43-35-49(61(7,8)9)37-45(57(43)67-23-17-25-69-53-21-15-13-19-51(53)63)29-41-33-48(60(4,5)6)34-42(56(41)66)30-46-38-50(62(10,11)12)36-44(28-40(32-47)55(39)65)58(46)68-24-18-26-70-54-22-16-14-20-52(54)64/h13-16,19-22,31-38,65-66H,17-18,23-30H2,1-12H3. The summed E-state index contributed by atoms with van der Waals surface area (Å²) in [5.41, 5.74) is 10.7. The number of hydrogen-bond acceptors (Lipinski definition) is 6. The van der Waals surface area contributed by atoms with Crippen molar-refractivity contribution in [1.82, 2.24) is 0 Å². The van der Waals surface area contributed by atoms with Crippen LogP contribution in [0.25, 0.3) is 0 Å². The minimum absolute atomic E-state index is 0.220. The summed E-state index contributed by atoms with van der Waals surface area (Å²) in [5, 5.41) is 25.3. The number of phenols is 2. The second-order valence-electron chi connectivity index (χ2n) is 23.2. The van der Waals surface area contributed by atoms with Crippen molar-refractivity contribution in [2.24, 2.45) is 0 Å². The molecule has 0 heterocycles. The predicted molar refractivity (Wildman–Crippen MR) is 290 cm³/mol. The van der Waals surface area contributed by atoms with Gasteiger partial charge >= 0.3 is 0 Å². The van der Waals surface area contributed by atoms with Gasteiger partial charge in [-0.3, -0.25) is 0 Å². The van der Waals surface area contributed by atoms with Gasteiger partial charge in [0.1, 0.15) is 34.6 Å². The zero-order valence-corrected chi connectivity index (χ0v) is 45.2. The average molecular weight is 985 g/mol. The Balaban J connectivity index is 1.41. The Kier molecular flexibility index (Phi) is 16.2. The largest absolute Gasteiger partial charge is 0.507 e. The van der Waals surface area contributed by atoms with E-state index in [4.69, 9.17) is 9.47 Å². The normalized spacial score (nSPS) is 13.3. The van der Waals surface area contributed by atoms with Crippen LogP contribution in [-0.4, -0.2) is 34.9 Å². The van der Waals surface area contributed by atoms with Gasteiger partial charge in [-0.05, 0) is 126 Å². The Labute approximate surface area is 426 Å². The van der Waals surface area contributed by atoms with E-state index in [9.17, 15) is 19.0 Å². The first-order valence-electron chi connectivity index (χ1n) is 24.9. The van der Waals surface area contributed by atoms with Gasteiger partial charge in [0.05, 0.1) is 13.2 Å².